The number of nitrogens with zero attached hydrogens (tertiary/aromatic N) is 2. The number of Topliss-reactive ketones (excluding diaryl/α,β-unsaturated/α-hetero) is 1. The van der Waals surface area contributed by atoms with E-state index >= 15 is 0 Å². The number of amides is 1. The molecule has 128 valence electrons. The van der Waals surface area contributed by atoms with Crippen LogP contribution in [0.4, 0.5) is 0 Å². The van der Waals surface area contributed by atoms with E-state index in [1.54, 1.807) is 5.48 Å². The number of rotatable bonds is 8. The third kappa shape index (κ3) is 5.42. The molecule has 1 aliphatic rings. The van der Waals surface area contributed by atoms with Gasteiger partial charge >= 0.3 is 0 Å². The number of aromatic nitrogens is 2. The SMILES string of the molecule is CC(=O)c1noc(C(CCCC2CCCCC2)CC(=O)NO)n1. The second-order valence-electron chi connectivity index (χ2n) is 6.38. The maximum absolute atomic E-state index is 11.5. The second-order valence-corrected chi connectivity index (χ2v) is 6.38. The third-order valence-corrected chi connectivity index (χ3v) is 4.55. The first-order chi connectivity index (χ1) is 11.1. The fourth-order valence-electron chi connectivity index (χ4n) is 3.26. The first-order valence-electron chi connectivity index (χ1n) is 8.37. The fraction of sp³-hybridized carbons (Fsp3) is 0.750. The van der Waals surface area contributed by atoms with Gasteiger partial charge in [-0.1, -0.05) is 50.1 Å². The molecule has 1 fully saturated rings. The lowest BCUT2D eigenvalue weighted by molar-refractivity contribution is -0.129. The van der Waals surface area contributed by atoms with E-state index in [2.05, 4.69) is 10.1 Å². The molecule has 2 N–H and O–H groups in total. The Morgan fingerprint density at radius 1 is 1.35 bits per heavy atom. The van der Waals surface area contributed by atoms with Crippen LogP contribution in [-0.2, 0) is 4.79 Å². The van der Waals surface area contributed by atoms with Crippen LogP contribution >= 0.6 is 0 Å². The summed E-state index contributed by atoms with van der Waals surface area (Å²) < 4.78 is 5.13. The Morgan fingerprint density at radius 2 is 2.09 bits per heavy atom. The topological polar surface area (TPSA) is 105 Å². The highest BCUT2D eigenvalue weighted by Gasteiger charge is 2.24. The van der Waals surface area contributed by atoms with E-state index in [0.29, 0.717) is 5.89 Å². The lowest BCUT2D eigenvalue weighted by Crippen LogP contribution is -2.21. The minimum absolute atomic E-state index is 0.0293. The van der Waals surface area contributed by atoms with Crippen LogP contribution in [0.3, 0.4) is 0 Å². The van der Waals surface area contributed by atoms with Crippen LogP contribution in [0.15, 0.2) is 4.52 Å². The molecule has 0 aliphatic heterocycles. The van der Waals surface area contributed by atoms with Crippen LogP contribution in [0.25, 0.3) is 0 Å². The van der Waals surface area contributed by atoms with Crippen LogP contribution in [0.5, 0.6) is 0 Å². The highest BCUT2D eigenvalue weighted by atomic mass is 16.5. The van der Waals surface area contributed by atoms with Crippen molar-refractivity contribution in [3.8, 4) is 0 Å². The summed E-state index contributed by atoms with van der Waals surface area (Å²) in [5, 5.41) is 12.4. The van der Waals surface area contributed by atoms with Gasteiger partial charge in [-0.3, -0.25) is 14.8 Å². The maximum atomic E-state index is 11.5. The Kier molecular flexibility index (Phi) is 6.70. The summed E-state index contributed by atoms with van der Waals surface area (Å²) in [5.41, 5.74) is 1.64. The molecule has 0 bridgehead atoms. The Bertz CT molecular complexity index is 523. The zero-order chi connectivity index (χ0) is 16.7. The number of carbonyl (C=O) groups excluding carboxylic acids is 2. The molecule has 1 amide bonds. The van der Waals surface area contributed by atoms with Gasteiger partial charge in [0.05, 0.1) is 0 Å². The van der Waals surface area contributed by atoms with Crippen molar-refractivity contribution in [2.75, 3.05) is 0 Å². The summed E-state index contributed by atoms with van der Waals surface area (Å²) in [5.74, 6) is 0.0600. The minimum atomic E-state index is -0.491. The smallest absolute Gasteiger partial charge is 0.244 e. The molecule has 2 rings (SSSR count). The van der Waals surface area contributed by atoms with Crippen LogP contribution in [0.2, 0.25) is 0 Å². The summed E-state index contributed by atoms with van der Waals surface area (Å²) in [6.45, 7) is 1.37. The first kappa shape index (κ1) is 17.6. The molecular formula is C16H25N3O4. The van der Waals surface area contributed by atoms with Crippen molar-refractivity contribution < 1.29 is 19.3 Å². The molecule has 1 atom stereocenters. The van der Waals surface area contributed by atoms with Crippen molar-refractivity contribution in [3.05, 3.63) is 11.7 Å². The van der Waals surface area contributed by atoms with Crippen molar-refractivity contribution in [1.82, 2.24) is 15.6 Å². The van der Waals surface area contributed by atoms with Gasteiger partial charge < -0.3 is 4.52 Å². The van der Waals surface area contributed by atoms with E-state index in [1.165, 1.54) is 39.0 Å². The highest BCUT2D eigenvalue weighted by molar-refractivity contribution is 5.89. The molecule has 0 radical (unpaired) electrons. The van der Waals surface area contributed by atoms with E-state index < -0.39 is 5.91 Å². The molecule has 1 heterocycles. The monoisotopic (exact) mass is 323 g/mol. The van der Waals surface area contributed by atoms with Gasteiger partial charge in [0.15, 0.2) is 0 Å². The quantitative estimate of drug-likeness (QED) is 0.433. The van der Waals surface area contributed by atoms with Crippen LogP contribution in [-0.4, -0.2) is 27.0 Å². The molecule has 7 heteroatoms. The summed E-state index contributed by atoms with van der Waals surface area (Å²) in [7, 11) is 0. The molecule has 23 heavy (non-hydrogen) atoms. The maximum Gasteiger partial charge on any atom is 0.244 e. The Labute approximate surface area is 135 Å². The predicted molar refractivity (Wildman–Crippen MR) is 82.0 cm³/mol. The van der Waals surface area contributed by atoms with Crippen LogP contribution < -0.4 is 5.48 Å². The molecular weight excluding hydrogens is 298 g/mol. The van der Waals surface area contributed by atoms with E-state index in [0.717, 1.165) is 25.2 Å². The van der Waals surface area contributed by atoms with Crippen molar-refractivity contribution >= 4 is 11.7 Å². The third-order valence-electron chi connectivity index (χ3n) is 4.55. The van der Waals surface area contributed by atoms with Crippen molar-refractivity contribution in [2.45, 2.75) is 70.6 Å². The molecule has 1 saturated carbocycles. The summed E-state index contributed by atoms with van der Waals surface area (Å²) in [6, 6.07) is 0. The number of carbonyl (C=O) groups is 2. The van der Waals surface area contributed by atoms with Gasteiger partial charge in [0.25, 0.3) is 0 Å². The van der Waals surface area contributed by atoms with Gasteiger partial charge in [0.2, 0.25) is 23.4 Å². The molecule has 1 aromatic heterocycles. The van der Waals surface area contributed by atoms with Crippen molar-refractivity contribution in [3.63, 3.8) is 0 Å². The Hall–Kier alpha value is -1.76. The Morgan fingerprint density at radius 3 is 2.70 bits per heavy atom. The van der Waals surface area contributed by atoms with Crippen LogP contribution in [0, 0.1) is 5.92 Å². The zero-order valence-corrected chi connectivity index (χ0v) is 13.6. The molecule has 1 aromatic rings. The molecule has 0 spiro atoms. The number of ketones is 1. The number of hydrogen-bond acceptors (Lipinski definition) is 6. The number of nitrogens with one attached hydrogen (secondary N) is 1. The van der Waals surface area contributed by atoms with Crippen LogP contribution in [0.1, 0.15) is 87.1 Å². The summed E-state index contributed by atoms with van der Waals surface area (Å²) in [4.78, 5) is 26.8. The lowest BCUT2D eigenvalue weighted by Gasteiger charge is -2.22. The van der Waals surface area contributed by atoms with E-state index in [9.17, 15) is 9.59 Å². The molecule has 1 unspecified atom stereocenters. The average Bonchev–Trinajstić information content (AvgIpc) is 3.05. The predicted octanol–water partition coefficient (Wildman–Crippen LogP) is 3.00. The average molecular weight is 323 g/mol. The standard InChI is InChI=1S/C16H25N3O4/c1-11(20)15-17-16(23-19-15)13(10-14(21)18-22)9-5-8-12-6-3-2-4-7-12/h12-13,22H,2-10H2,1H3,(H,18,21). The fourth-order valence-corrected chi connectivity index (χ4v) is 3.26. The van der Waals surface area contributed by atoms with Gasteiger partial charge in [0.1, 0.15) is 0 Å². The zero-order valence-electron chi connectivity index (χ0n) is 13.6. The van der Waals surface area contributed by atoms with Gasteiger partial charge in [0, 0.05) is 19.3 Å². The molecule has 7 nitrogen and oxygen atoms in total. The summed E-state index contributed by atoms with van der Waals surface area (Å²) >= 11 is 0. The highest BCUT2D eigenvalue weighted by Crippen LogP contribution is 2.31. The largest absolute Gasteiger partial charge is 0.339 e. The van der Waals surface area contributed by atoms with Gasteiger partial charge in [-0.25, -0.2) is 5.48 Å². The van der Waals surface area contributed by atoms with Crippen molar-refractivity contribution in [1.29, 1.82) is 0 Å². The van der Waals surface area contributed by atoms with E-state index in [4.69, 9.17) is 9.73 Å². The first-order valence-corrected chi connectivity index (χ1v) is 8.37. The molecule has 0 saturated heterocycles. The normalized spacial score (nSPS) is 17.0. The number of hydrogen-bond donors (Lipinski definition) is 2. The van der Waals surface area contributed by atoms with E-state index in [1.807, 2.05) is 0 Å². The molecule has 1 aliphatic carbocycles. The van der Waals surface area contributed by atoms with Gasteiger partial charge in [-0.05, 0) is 12.3 Å². The number of hydroxylamine groups is 1. The minimum Gasteiger partial charge on any atom is -0.339 e. The van der Waals surface area contributed by atoms with Gasteiger partial charge in [-0.2, -0.15) is 4.98 Å². The summed E-state index contributed by atoms with van der Waals surface area (Å²) in [6.07, 6.45) is 9.43. The van der Waals surface area contributed by atoms with E-state index in [-0.39, 0.29) is 23.9 Å². The second kappa shape index (κ2) is 8.76. The molecule has 0 aromatic carbocycles. The Balaban J connectivity index is 1.92. The lowest BCUT2D eigenvalue weighted by atomic mass is 9.84. The van der Waals surface area contributed by atoms with Gasteiger partial charge in [-0.15, -0.1) is 0 Å². The van der Waals surface area contributed by atoms with Crippen molar-refractivity contribution in [2.24, 2.45) is 5.92 Å².